The van der Waals surface area contributed by atoms with Gasteiger partial charge in [-0.3, -0.25) is 14.6 Å². The zero-order valence-electron chi connectivity index (χ0n) is 16.4. The van der Waals surface area contributed by atoms with Crippen LogP contribution in [-0.4, -0.2) is 90.7 Å². The van der Waals surface area contributed by atoms with Crippen molar-refractivity contribution >= 4 is 5.96 Å². The summed E-state index contributed by atoms with van der Waals surface area (Å²) in [4.78, 5) is 9.26. The molecule has 0 radical (unpaired) electrons. The molecular formula is C18H32N6O2. The number of nitrogens with one attached hydrogen (secondary N) is 1. The predicted octanol–water partition coefficient (Wildman–Crippen LogP) is 0.480. The molecule has 0 aromatic carbocycles. The van der Waals surface area contributed by atoms with Gasteiger partial charge >= 0.3 is 0 Å². The molecule has 8 heteroatoms. The van der Waals surface area contributed by atoms with Gasteiger partial charge in [0.15, 0.2) is 5.96 Å². The van der Waals surface area contributed by atoms with Crippen LogP contribution in [0.4, 0.5) is 0 Å². The fourth-order valence-corrected chi connectivity index (χ4v) is 3.56. The van der Waals surface area contributed by atoms with E-state index >= 15 is 0 Å². The molecule has 3 heterocycles. The van der Waals surface area contributed by atoms with Crippen molar-refractivity contribution in [1.29, 1.82) is 0 Å². The largest absolute Gasteiger partial charge is 0.379 e. The highest BCUT2D eigenvalue weighted by molar-refractivity contribution is 5.80. The lowest BCUT2D eigenvalue weighted by molar-refractivity contribution is -0.0127. The van der Waals surface area contributed by atoms with Crippen molar-refractivity contribution < 1.29 is 9.47 Å². The Morgan fingerprint density at radius 2 is 2.08 bits per heavy atom. The maximum Gasteiger partial charge on any atom is 0.193 e. The molecule has 2 aliphatic heterocycles. The van der Waals surface area contributed by atoms with E-state index in [-0.39, 0.29) is 11.6 Å². The Morgan fingerprint density at radius 3 is 2.73 bits per heavy atom. The van der Waals surface area contributed by atoms with E-state index in [2.05, 4.69) is 39.1 Å². The first-order valence-electron chi connectivity index (χ1n) is 9.38. The number of aliphatic imine (C=N–C) groups is 1. The molecule has 1 unspecified atom stereocenters. The lowest BCUT2D eigenvalue weighted by Gasteiger charge is -2.42. The number of ether oxygens (including phenoxy) is 2. The smallest absolute Gasteiger partial charge is 0.193 e. The topological polar surface area (TPSA) is 67.2 Å². The van der Waals surface area contributed by atoms with Crippen molar-refractivity contribution in [2.24, 2.45) is 12.0 Å². The predicted molar refractivity (Wildman–Crippen MR) is 101 cm³/mol. The summed E-state index contributed by atoms with van der Waals surface area (Å²) in [5.74, 6) is 0.934. The van der Waals surface area contributed by atoms with Gasteiger partial charge in [0.25, 0.3) is 0 Å². The van der Waals surface area contributed by atoms with Crippen molar-refractivity contribution in [2.45, 2.75) is 25.5 Å². The second-order valence-corrected chi connectivity index (χ2v) is 7.57. The SMILES string of the molecule is CN=C(NCC(C)(C)N1CCOCC1)N1CCOC(c2cnn(C)c2)C1. The first-order chi connectivity index (χ1) is 12.5. The van der Waals surface area contributed by atoms with Gasteiger partial charge in [-0.05, 0) is 13.8 Å². The van der Waals surface area contributed by atoms with Crippen molar-refractivity contribution in [1.82, 2.24) is 24.9 Å². The van der Waals surface area contributed by atoms with E-state index < -0.39 is 0 Å². The molecule has 1 aromatic rings. The number of aryl methyl sites for hydroxylation is 1. The Hall–Kier alpha value is -1.64. The van der Waals surface area contributed by atoms with Crippen LogP contribution in [0.5, 0.6) is 0 Å². The van der Waals surface area contributed by atoms with Crippen LogP contribution in [0.1, 0.15) is 25.5 Å². The van der Waals surface area contributed by atoms with Crippen LogP contribution in [0.25, 0.3) is 0 Å². The zero-order valence-corrected chi connectivity index (χ0v) is 16.4. The molecule has 26 heavy (non-hydrogen) atoms. The summed E-state index contributed by atoms with van der Waals surface area (Å²) in [6.07, 6.45) is 3.93. The summed E-state index contributed by atoms with van der Waals surface area (Å²) in [7, 11) is 3.77. The maximum absolute atomic E-state index is 5.94. The van der Waals surface area contributed by atoms with Crippen LogP contribution in [0, 0.1) is 0 Å². The fraction of sp³-hybridized carbons (Fsp3) is 0.778. The molecule has 8 nitrogen and oxygen atoms in total. The van der Waals surface area contributed by atoms with Crippen molar-refractivity contribution in [3.63, 3.8) is 0 Å². The Balaban J connectivity index is 1.57. The van der Waals surface area contributed by atoms with Gasteiger partial charge in [0.2, 0.25) is 0 Å². The Bertz CT molecular complexity index is 609. The molecular weight excluding hydrogens is 332 g/mol. The molecule has 0 spiro atoms. The number of morpholine rings is 2. The van der Waals surface area contributed by atoms with Crippen LogP contribution >= 0.6 is 0 Å². The van der Waals surface area contributed by atoms with Crippen molar-refractivity contribution in [3.05, 3.63) is 18.0 Å². The summed E-state index contributed by atoms with van der Waals surface area (Å²) in [6, 6.07) is 0. The molecule has 1 N–H and O–H groups in total. The molecule has 1 atom stereocenters. The molecule has 0 bridgehead atoms. The molecule has 0 aliphatic carbocycles. The summed E-state index contributed by atoms with van der Waals surface area (Å²) >= 11 is 0. The second-order valence-electron chi connectivity index (χ2n) is 7.57. The normalized spacial score (nSPS) is 23.3. The Kier molecular flexibility index (Phi) is 6.16. The van der Waals surface area contributed by atoms with Crippen molar-refractivity contribution in [3.8, 4) is 0 Å². The van der Waals surface area contributed by atoms with Crippen LogP contribution in [-0.2, 0) is 16.5 Å². The van der Waals surface area contributed by atoms with E-state index in [0.717, 1.165) is 57.5 Å². The van der Waals surface area contributed by atoms with Crippen molar-refractivity contribution in [2.75, 3.05) is 59.6 Å². The highest BCUT2D eigenvalue weighted by Gasteiger charge is 2.30. The van der Waals surface area contributed by atoms with E-state index in [1.165, 1.54) is 0 Å². The fourth-order valence-electron chi connectivity index (χ4n) is 3.56. The third kappa shape index (κ3) is 4.55. The van der Waals surface area contributed by atoms with Gasteiger partial charge < -0.3 is 19.7 Å². The summed E-state index contributed by atoms with van der Waals surface area (Å²) in [6.45, 7) is 11.3. The highest BCUT2D eigenvalue weighted by atomic mass is 16.5. The average molecular weight is 364 g/mol. The minimum Gasteiger partial charge on any atom is -0.379 e. The lowest BCUT2D eigenvalue weighted by Crippen LogP contribution is -2.57. The standard InChI is InChI=1S/C18H32N6O2/c1-18(2,24-6-8-25-9-7-24)14-20-17(19-3)23-5-10-26-16(13-23)15-11-21-22(4)12-15/h11-12,16H,5-10,13-14H2,1-4H3,(H,19,20). The van der Waals surface area contributed by atoms with Crippen LogP contribution in [0.3, 0.4) is 0 Å². The number of guanidine groups is 1. The molecule has 146 valence electrons. The first-order valence-corrected chi connectivity index (χ1v) is 9.38. The minimum absolute atomic E-state index is 0.0308. The van der Waals surface area contributed by atoms with E-state index in [4.69, 9.17) is 9.47 Å². The van der Waals surface area contributed by atoms with Gasteiger partial charge in [-0.15, -0.1) is 0 Å². The quantitative estimate of drug-likeness (QED) is 0.619. The lowest BCUT2D eigenvalue weighted by atomic mass is 10.0. The number of rotatable bonds is 4. The third-order valence-corrected chi connectivity index (χ3v) is 5.22. The van der Waals surface area contributed by atoms with E-state index in [1.807, 2.05) is 31.2 Å². The van der Waals surface area contributed by atoms with Gasteiger partial charge in [-0.2, -0.15) is 5.10 Å². The molecule has 2 saturated heterocycles. The van der Waals surface area contributed by atoms with E-state index in [9.17, 15) is 0 Å². The molecule has 3 rings (SSSR count). The monoisotopic (exact) mass is 364 g/mol. The number of nitrogens with zero attached hydrogens (tertiary/aromatic N) is 5. The van der Waals surface area contributed by atoms with Gasteiger partial charge in [0.05, 0.1) is 32.6 Å². The summed E-state index contributed by atoms with van der Waals surface area (Å²) in [5.41, 5.74) is 1.16. The van der Waals surface area contributed by atoms with E-state index in [0.29, 0.717) is 6.61 Å². The van der Waals surface area contributed by atoms with Crippen LogP contribution in [0.15, 0.2) is 17.4 Å². The molecule has 2 aliphatic rings. The highest BCUT2D eigenvalue weighted by Crippen LogP contribution is 2.22. The maximum atomic E-state index is 5.94. The number of hydrogen-bond donors (Lipinski definition) is 1. The second kappa shape index (κ2) is 8.37. The number of aromatic nitrogens is 2. The Morgan fingerprint density at radius 1 is 1.31 bits per heavy atom. The van der Waals surface area contributed by atoms with E-state index in [1.54, 1.807) is 0 Å². The summed E-state index contributed by atoms with van der Waals surface area (Å²) < 4.78 is 13.2. The molecule has 2 fully saturated rings. The number of hydrogen-bond acceptors (Lipinski definition) is 5. The van der Waals surface area contributed by atoms with Crippen LogP contribution < -0.4 is 5.32 Å². The zero-order chi connectivity index (χ0) is 18.6. The molecule has 0 saturated carbocycles. The van der Waals surface area contributed by atoms with Gasteiger partial charge in [0, 0.05) is 57.6 Å². The molecule has 1 aromatic heterocycles. The third-order valence-electron chi connectivity index (χ3n) is 5.22. The Labute approximate surface area is 156 Å². The van der Waals surface area contributed by atoms with Gasteiger partial charge in [-0.1, -0.05) is 0 Å². The molecule has 0 amide bonds. The van der Waals surface area contributed by atoms with Gasteiger partial charge in [-0.25, -0.2) is 0 Å². The van der Waals surface area contributed by atoms with Crippen LogP contribution in [0.2, 0.25) is 0 Å². The first kappa shape index (κ1) is 19.1. The summed E-state index contributed by atoms with van der Waals surface area (Å²) in [5, 5.41) is 7.83. The van der Waals surface area contributed by atoms with Gasteiger partial charge in [0.1, 0.15) is 6.10 Å². The average Bonchev–Trinajstić information content (AvgIpc) is 3.10. The minimum atomic E-state index is 0.0308.